The molecule has 3 unspecified atom stereocenters. The zero-order valence-electron chi connectivity index (χ0n) is 11.4. The van der Waals surface area contributed by atoms with Crippen LogP contribution < -0.4 is 5.73 Å². The molecule has 0 aliphatic carbocycles. The second-order valence-electron chi connectivity index (χ2n) is 5.64. The highest BCUT2D eigenvalue weighted by Crippen LogP contribution is 2.42. The first-order valence-electron chi connectivity index (χ1n) is 6.94. The smallest absolute Gasteiger partial charge is 0.308 e. The van der Waals surface area contributed by atoms with Gasteiger partial charge < -0.3 is 15.7 Å². The van der Waals surface area contributed by atoms with Gasteiger partial charge in [0.2, 0.25) is 5.91 Å². The fraction of sp³-hybridized carbons (Fsp3) is 0.400. The van der Waals surface area contributed by atoms with Gasteiger partial charge in [-0.15, -0.1) is 0 Å². The van der Waals surface area contributed by atoms with Crippen molar-refractivity contribution in [2.24, 2.45) is 11.7 Å². The zero-order valence-corrected chi connectivity index (χ0v) is 11.4. The first-order valence-corrected chi connectivity index (χ1v) is 6.94. The van der Waals surface area contributed by atoms with E-state index in [2.05, 4.69) is 0 Å². The Morgan fingerprint density at radius 3 is 2.52 bits per heavy atom. The predicted octanol–water partition coefficient (Wildman–Crippen LogP) is 0.863. The Labute approximate surface area is 121 Å². The number of carboxylic acid groups (broad SMARTS) is 1. The highest BCUT2D eigenvalue weighted by atomic mass is 16.4. The lowest BCUT2D eigenvalue weighted by atomic mass is 9.89. The molecule has 0 saturated carbocycles. The van der Waals surface area contributed by atoms with Gasteiger partial charge in [0.05, 0.1) is 5.92 Å². The van der Waals surface area contributed by atoms with Crippen LogP contribution in [0.3, 0.4) is 0 Å². The Kier molecular flexibility index (Phi) is 3.16. The number of amides is 2. The third-order valence-electron chi connectivity index (χ3n) is 4.48. The van der Waals surface area contributed by atoms with Crippen molar-refractivity contribution >= 4 is 17.8 Å². The average Bonchev–Trinajstić information content (AvgIpc) is 3.04. The normalized spacial score (nSPS) is 26.9. The minimum absolute atomic E-state index is 0.0131. The summed E-state index contributed by atoms with van der Waals surface area (Å²) in [5, 5.41) is 9.22. The number of nitrogens with two attached hydrogens (primary N) is 1. The van der Waals surface area contributed by atoms with E-state index in [4.69, 9.17) is 5.73 Å². The third-order valence-corrected chi connectivity index (χ3v) is 4.48. The standard InChI is InChI=1S/C15H16N2O4/c16-13(18)8-2-1-3-9(6-8)14(19)17-10-4-5-12(17)11(7-10)15(20)21/h1-3,6,10-12H,4-5,7H2,(H2,16,18)(H,20,21). The van der Waals surface area contributed by atoms with Gasteiger partial charge in [-0.2, -0.15) is 0 Å². The molecular formula is C15H16N2O4. The average molecular weight is 288 g/mol. The number of fused-ring (bicyclic) bond motifs is 2. The Hall–Kier alpha value is -2.37. The molecule has 2 aliphatic heterocycles. The van der Waals surface area contributed by atoms with Crippen molar-refractivity contribution in [1.29, 1.82) is 0 Å². The number of rotatable bonds is 3. The van der Waals surface area contributed by atoms with E-state index in [0.29, 0.717) is 12.0 Å². The molecule has 6 nitrogen and oxygen atoms in total. The number of carbonyl (C=O) groups excluding carboxylic acids is 2. The Morgan fingerprint density at radius 2 is 1.90 bits per heavy atom. The number of primary amides is 1. The fourth-order valence-electron chi connectivity index (χ4n) is 3.53. The van der Waals surface area contributed by atoms with Crippen LogP contribution in [0.4, 0.5) is 0 Å². The van der Waals surface area contributed by atoms with E-state index >= 15 is 0 Å². The van der Waals surface area contributed by atoms with E-state index in [1.807, 2.05) is 0 Å². The quantitative estimate of drug-likeness (QED) is 0.861. The second-order valence-corrected chi connectivity index (χ2v) is 5.64. The van der Waals surface area contributed by atoms with Crippen molar-refractivity contribution in [3.05, 3.63) is 35.4 Å². The molecule has 3 rings (SSSR count). The molecular weight excluding hydrogens is 272 g/mol. The molecule has 6 heteroatoms. The summed E-state index contributed by atoms with van der Waals surface area (Å²) >= 11 is 0. The Morgan fingerprint density at radius 1 is 1.19 bits per heavy atom. The van der Waals surface area contributed by atoms with Gasteiger partial charge in [-0.1, -0.05) is 6.07 Å². The molecule has 1 aromatic carbocycles. The molecule has 1 aromatic rings. The maximum atomic E-state index is 12.6. The summed E-state index contributed by atoms with van der Waals surface area (Å²) in [4.78, 5) is 36.8. The lowest BCUT2D eigenvalue weighted by molar-refractivity contribution is -0.142. The monoisotopic (exact) mass is 288 g/mol. The molecule has 0 radical (unpaired) electrons. The topological polar surface area (TPSA) is 101 Å². The first kappa shape index (κ1) is 13.6. The summed E-state index contributed by atoms with van der Waals surface area (Å²) < 4.78 is 0. The van der Waals surface area contributed by atoms with Crippen molar-refractivity contribution in [2.75, 3.05) is 0 Å². The molecule has 0 aromatic heterocycles. The van der Waals surface area contributed by atoms with Gasteiger partial charge in [0.1, 0.15) is 0 Å². The molecule has 0 spiro atoms. The summed E-state index contributed by atoms with van der Waals surface area (Å²) in [6.45, 7) is 0. The summed E-state index contributed by atoms with van der Waals surface area (Å²) in [6.07, 6.45) is 2.08. The van der Waals surface area contributed by atoms with Crippen molar-refractivity contribution in [3.8, 4) is 0 Å². The van der Waals surface area contributed by atoms with E-state index in [-0.39, 0.29) is 23.6 Å². The largest absolute Gasteiger partial charge is 0.481 e. The van der Waals surface area contributed by atoms with Crippen LogP contribution in [0.1, 0.15) is 40.0 Å². The van der Waals surface area contributed by atoms with E-state index in [0.717, 1.165) is 12.8 Å². The number of benzene rings is 1. The number of hydrogen-bond acceptors (Lipinski definition) is 3. The number of hydrogen-bond donors (Lipinski definition) is 2. The summed E-state index contributed by atoms with van der Waals surface area (Å²) in [6, 6.07) is 6.01. The van der Waals surface area contributed by atoms with Gasteiger partial charge in [-0.05, 0) is 37.5 Å². The van der Waals surface area contributed by atoms with Crippen LogP contribution in [-0.2, 0) is 4.79 Å². The minimum Gasteiger partial charge on any atom is -0.481 e. The van der Waals surface area contributed by atoms with Crippen molar-refractivity contribution in [2.45, 2.75) is 31.3 Å². The van der Waals surface area contributed by atoms with E-state index in [1.54, 1.807) is 23.1 Å². The highest BCUT2D eigenvalue weighted by Gasteiger charge is 2.51. The molecule has 3 atom stereocenters. The van der Waals surface area contributed by atoms with Gasteiger partial charge in [-0.25, -0.2) is 0 Å². The van der Waals surface area contributed by atoms with Gasteiger partial charge >= 0.3 is 5.97 Å². The van der Waals surface area contributed by atoms with Gasteiger partial charge in [-0.3, -0.25) is 14.4 Å². The fourth-order valence-corrected chi connectivity index (χ4v) is 3.53. The van der Waals surface area contributed by atoms with Gasteiger partial charge in [0, 0.05) is 23.2 Å². The van der Waals surface area contributed by atoms with Crippen LogP contribution in [0.25, 0.3) is 0 Å². The van der Waals surface area contributed by atoms with Gasteiger partial charge in [0.15, 0.2) is 0 Å². The second kappa shape index (κ2) is 4.87. The number of aliphatic carboxylic acids is 1. The van der Waals surface area contributed by atoms with Crippen molar-refractivity contribution in [3.63, 3.8) is 0 Å². The van der Waals surface area contributed by atoms with Crippen LogP contribution in [0, 0.1) is 5.92 Å². The van der Waals surface area contributed by atoms with E-state index in [1.165, 1.54) is 6.07 Å². The number of carboxylic acids is 1. The van der Waals surface area contributed by atoms with Gasteiger partial charge in [0.25, 0.3) is 5.91 Å². The van der Waals surface area contributed by atoms with Crippen LogP contribution >= 0.6 is 0 Å². The lowest BCUT2D eigenvalue weighted by Gasteiger charge is -2.23. The maximum Gasteiger partial charge on any atom is 0.308 e. The zero-order chi connectivity index (χ0) is 15.1. The SMILES string of the molecule is NC(=O)c1cccc(C(=O)N2C3CCC2C(C(=O)O)C3)c1. The molecule has 2 heterocycles. The summed E-state index contributed by atoms with van der Waals surface area (Å²) in [5.41, 5.74) is 5.89. The molecule has 2 amide bonds. The molecule has 21 heavy (non-hydrogen) atoms. The number of carbonyl (C=O) groups is 3. The minimum atomic E-state index is -0.842. The number of nitrogens with zero attached hydrogens (tertiary/aromatic N) is 1. The summed E-state index contributed by atoms with van der Waals surface area (Å²) in [5.74, 6) is -2.12. The molecule has 2 saturated heterocycles. The van der Waals surface area contributed by atoms with Crippen molar-refractivity contribution in [1.82, 2.24) is 4.90 Å². The predicted molar refractivity (Wildman–Crippen MR) is 73.7 cm³/mol. The van der Waals surface area contributed by atoms with Crippen LogP contribution in [0.15, 0.2) is 24.3 Å². The lowest BCUT2D eigenvalue weighted by Crippen LogP contribution is -2.38. The first-order chi connectivity index (χ1) is 9.99. The van der Waals surface area contributed by atoms with Crippen LogP contribution in [-0.4, -0.2) is 39.9 Å². The van der Waals surface area contributed by atoms with Crippen molar-refractivity contribution < 1.29 is 19.5 Å². The molecule has 2 fully saturated rings. The molecule has 2 aliphatic rings. The third kappa shape index (κ3) is 2.16. The Balaban J connectivity index is 1.88. The molecule has 110 valence electrons. The Bertz CT molecular complexity index is 628. The molecule has 2 bridgehead atoms. The molecule has 3 N–H and O–H groups in total. The highest BCUT2D eigenvalue weighted by molar-refractivity contribution is 5.99. The van der Waals surface area contributed by atoms with Crippen LogP contribution in [0.5, 0.6) is 0 Å². The van der Waals surface area contributed by atoms with Crippen LogP contribution in [0.2, 0.25) is 0 Å². The van der Waals surface area contributed by atoms with E-state index < -0.39 is 17.8 Å². The summed E-state index contributed by atoms with van der Waals surface area (Å²) in [7, 11) is 0. The maximum absolute atomic E-state index is 12.6. The van der Waals surface area contributed by atoms with E-state index in [9.17, 15) is 19.5 Å².